The van der Waals surface area contributed by atoms with Crippen molar-refractivity contribution in [2.75, 3.05) is 19.6 Å². The van der Waals surface area contributed by atoms with Gasteiger partial charge in [0.1, 0.15) is 23.7 Å². The highest BCUT2D eigenvalue weighted by atomic mass is 16.5. The zero-order valence-electron chi connectivity index (χ0n) is 13.7. The maximum Gasteiger partial charge on any atom is 0.132 e. The molecular formula is C17H25N5O. The highest BCUT2D eigenvalue weighted by molar-refractivity contribution is 5.26. The van der Waals surface area contributed by atoms with Crippen LogP contribution in [0.2, 0.25) is 0 Å². The van der Waals surface area contributed by atoms with Crippen molar-refractivity contribution < 1.29 is 4.74 Å². The van der Waals surface area contributed by atoms with E-state index in [1.165, 1.54) is 31.5 Å². The number of aryl methyl sites for hydroxylation is 1. The van der Waals surface area contributed by atoms with Crippen LogP contribution in [-0.4, -0.2) is 39.5 Å². The number of rotatable bonds is 7. The molecule has 0 radical (unpaired) electrons. The van der Waals surface area contributed by atoms with Crippen LogP contribution in [0.4, 0.5) is 0 Å². The van der Waals surface area contributed by atoms with Crippen molar-refractivity contribution in [3.8, 4) is 5.75 Å². The molecule has 0 spiro atoms. The molecular weight excluding hydrogens is 290 g/mol. The van der Waals surface area contributed by atoms with Crippen molar-refractivity contribution in [2.45, 2.75) is 39.5 Å². The lowest BCUT2D eigenvalue weighted by atomic mass is 10.2. The fourth-order valence-electron chi connectivity index (χ4n) is 2.89. The standard InChI is InChI=1S/C17H25N5O/c1-14-4-6-15(7-5-14)23-13-17-16(12-18)19-20-22(17)11-10-21-8-2-3-9-21/h4-7H,2-3,8-13,18H2,1H3. The van der Waals surface area contributed by atoms with E-state index in [2.05, 4.69) is 22.1 Å². The van der Waals surface area contributed by atoms with Gasteiger partial charge in [-0.2, -0.15) is 0 Å². The fourth-order valence-corrected chi connectivity index (χ4v) is 2.89. The summed E-state index contributed by atoms with van der Waals surface area (Å²) in [6.45, 7) is 7.11. The second-order valence-corrected chi connectivity index (χ2v) is 6.06. The second kappa shape index (κ2) is 7.57. The molecule has 1 aliphatic rings. The smallest absolute Gasteiger partial charge is 0.132 e. The first-order valence-electron chi connectivity index (χ1n) is 8.29. The maximum absolute atomic E-state index is 5.89. The molecule has 6 nitrogen and oxygen atoms in total. The molecule has 0 unspecified atom stereocenters. The highest BCUT2D eigenvalue weighted by Gasteiger charge is 2.15. The quantitative estimate of drug-likeness (QED) is 0.842. The number of aromatic nitrogens is 3. The third kappa shape index (κ3) is 4.09. The Morgan fingerprint density at radius 2 is 1.87 bits per heavy atom. The summed E-state index contributed by atoms with van der Waals surface area (Å²) in [7, 11) is 0. The molecule has 6 heteroatoms. The first kappa shape index (κ1) is 16.0. The van der Waals surface area contributed by atoms with Gasteiger partial charge in [-0.05, 0) is 45.0 Å². The van der Waals surface area contributed by atoms with Gasteiger partial charge in [-0.25, -0.2) is 4.68 Å². The number of hydrogen-bond donors (Lipinski definition) is 1. The van der Waals surface area contributed by atoms with Crippen LogP contribution in [0.5, 0.6) is 5.75 Å². The number of nitrogens with two attached hydrogens (primary N) is 1. The molecule has 1 aromatic heterocycles. The Morgan fingerprint density at radius 1 is 1.13 bits per heavy atom. The van der Waals surface area contributed by atoms with Crippen molar-refractivity contribution in [1.29, 1.82) is 0 Å². The van der Waals surface area contributed by atoms with E-state index in [1.54, 1.807) is 0 Å². The zero-order valence-corrected chi connectivity index (χ0v) is 13.7. The van der Waals surface area contributed by atoms with Gasteiger partial charge in [-0.15, -0.1) is 5.10 Å². The van der Waals surface area contributed by atoms with Gasteiger partial charge in [0.25, 0.3) is 0 Å². The molecule has 0 bridgehead atoms. The Hall–Kier alpha value is -1.92. The molecule has 1 saturated heterocycles. The Kier molecular flexibility index (Phi) is 5.25. The molecule has 0 saturated carbocycles. The van der Waals surface area contributed by atoms with E-state index in [-0.39, 0.29) is 0 Å². The molecule has 0 amide bonds. The van der Waals surface area contributed by atoms with Crippen molar-refractivity contribution in [3.05, 3.63) is 41.2 Å². The van der Waals surface area contributed by atoms with Gasteiger partial charge < -0.3 is 15.4 Å². The van der Waals surface area contributed by atoms with Crippen molar-refractivity contribution in [2.24, 2.45) is 5.73 Å². The average Bonchev–Trinajstić information content (AvgIpc) is 3.21. The van der Waals surface area contributed by atoms with Crippen molar-refractivity contribution >= 4 is 0 Å². The van der Waals surface area contributed by atoms with Gasteiger partial charge in [0.05, 0.1) is 6.54 Å². The molecule has 2 N–H and O–H groups in total. The lowest BCUT2D eigenvalue weighted by molar-refractivity contribution is 0.276. The lowest BCUT2D eigenvalue weighted by Gasteiger charge is -2.15. The van der Waals surface area contributed by atoms with Crippen LogP contribution in [-0.2, 0) is 19.7 Å². The van der Waals surface area contributed by atoms with E-state index in [4.69, 9.17) is 10.5 Å². The summed E-state index contributed by atoms with van der Waals surface area (Å²) in [5.74, 6) is 0.853. The minimum absolute atomic E-state index is 0.385. The number of ether oxygens (including phenoxy) is 1. The molecule has 2 aromatic rings. The van der Waals surface area contributed by atoms with E-state index < -0.39 is 0 Å². The summed E-state index contributed by atoms with van der Waals surface area (Å²) in [5, 5.41) is 8.45. The van der Waals surface area contributed by atoms with E-state index in [1.807, 2.05) is 28.9 Å². The van der Waals surface area contributed by atoms with E-state index in [0.29, 0.717) is 13.2 Å². The van der Waals surface area contributed by atoms with Crippen LogP contribution in [0, 0.1) is 6.92 Å². The Balaban J connectivity index is 1.64. The molecule has 23 heavy (non-hydrogen) atoms. The third-order valence-corrected chi connectivity index (χ3v) is 4.33. The maximum atomic E-state index is 5.89. The molecule has 1 aliphatic heterocycles. The molecule has 1 aromatic carbocycles. The van der Waals surface area contributed by atoms with Crippen LogP contribution in [0.3, 0.4) is 0 Å². The summed E-state index contributed by atoms with van der Waals surface area (Å²) in [5.41, 5.74) is 8.81. The van der Waals surface area contributed by atoms with Crippen molar-refractivity contribution in [3.63, 3.8) is 0 Å². The van der Waals surface area contributed by atoms with Crippen LogP contribution < -0.4 is 10.5 Å². The number of benzene rings is 1. The zero-order chi connectivity index (χ0) is 16.1. The summed E-state index contributed by atoms with van der Waals surface area (Å²) < 4.78 is 7.83. The van der Waals surface area contributed by atoms with E-state index in [0.717, 1.165) is 30.2 Å². The summed E-state index contributed by atoms with van der Waals surface area (Å²) in [4.78, 5) is 2.47. The number of hydrogen-bond acceptors (Lipinski definition) is 5. The van der Waals surface area contributed by atoms with Gasteiger partial charge in [0.15, 0.2) is 0 Å². The van der Waals surface area contributed by atoms with Gasteiger partial charge in [-0.1, -0.05) is 22.9 Å². The van der Waals surface area contributed by atoms with Crippen LogP contribution >= 0.6 is 0 Å². The molecule has 2 heterocycles. The topological polar surface area (TPSA) is 69.2 Å². The minimum atomic E-state index is 0.385. The molecule has 0 aliphatic carbocycles. The van der Waals surface area contributed by atoms with E-state index >= 15 is 0 Å². The van der Waals surface area contributed by atoms with Crippen molar-refractivity contribution in [1.82, 2.24) is 19.9 Å². The summed E-state index contributed by atoms with van der Waals surface area (Å²) >= 11 is 0. The second-order valence-electron chi connectivity index (χ2n) is 6.06. The predicted octanol–water partition coefficient (Wildman–Crippen LogP) is 1.72. The first-order chi connectivity index (χ1) is 11.3. The van der Waals surface area contributed by atoms with Gasteiger partial charge in [0, 0.05) is 13.1 Å². The molecule has 1 fully saturated rings. The normalized spacial score (nSPS) is 15.2. The van der Waals surface area contributed by atoms with Gasteiger partial charge >= 0.3 is 0 Å². The minimum Gasteiger partial charge on any atom is -0.487 e. The van der Waals surface area contributed by atoms with Crippen LogP contribution in [0.15, 0.2) is 24.3 Å². The summed E-state index contributed by atoms with van der Waals surface area (Å²) in [6, 6.07) is 8.05. The SMILES string of the molecule is Cc1ccc(OCc2c(CN)nnn2CCN2CCCC2)cc1. The average molecular weight is 315 g/mol. The summed E-state index contributed by atoms with van der Waals surface area (Å²) in [6.07, 6.45) is 2.60. The molecule has 3 rings (SSSR count). The Morgan fingerprint density at radius 3 is 2.57 bits per heavy atom. The Bertz CT molecular complexity index is 616. The largest absolute Gasteiger partial charge is 0.487 e. The lowest BCUT2D eigenvalue weighted by Crippen LogP contribution is -2.25. The molecule has 0 atom stereocenters. The third-order valence-electron chi connectivity index (χ3n) is 4.33. The predicted molar refractivity (Wildman–Crippen MR) is 89.1 cm³/mol. The fraction of sp³-hybridized carbons (Fsp3) is 0.529. The Labute approximate surface area is 137 Å². The number of nitrogens with zero attached hydrogens (tertiary/aromatic N) is 4. The monoisotopic (exact) mass is 315 g/mol. The van der Waals surface area contributed by atoms with E-state index in [9.17, 15) is 0 Å². The molecule has 124 valence electrons. The van der Waals surface area contributed by atoms with Crippen LogP contribution in [0.1, 0.15) is 29.8 Å². The highest BCUT2D eigenvalue weighted by Crippen LogP contribution is 2.15. The van der Waals surface area contributed by atoms with Gasteiger partial charge in [-0.3, -0.25) is 0 Å². The first-order valence-corrected chi connectivity index (χ1v) is 8.29. The number of likely N-dealkylation sites (tertiary alicyclic amines) is 1. The van der Waals surface area contributed by atoms with Crippen LogP contribution in [0.25, 0.3) is 0 Å². The van der Waals surface area contributed by atoms with Gasteiger partial charge in [0.2, 0.25) is 0 Å².